The van der Waals surface area contributed by atoms with Crippen LogP contribution < -0.4 is 11.1 Å². The third-order valence-electron chi connectivity index (χ3n) is 4.17. The Morgan fingerprint density at radius 3 is 2.76 bits per heavy atom. The standard InChI is InChI=1S/C15H21N3O2S/c1-3-15(4-2,9-19)8-18-13(20)12-11(16)10-6-5-7-17-14(10)21-12/h5-7,19H,3-4,8-9,16H2,1-2H3,(H,18,20). The van der Waals surface area contributed by atoms with E-state index in [2.05, 4.69) is 10.3 Å². The number of carbonyl (C=O) groups excluding carboxylic acids is 1. The summed E-state index contributed by atoms with van der Waals surface area (Å²) in [6.07, 6.45) is 3.30. The second-order valence-corrected chi connectivity index (χ2v) is 6.25. The summed E-state index contributed by atoms with van der Waals surface area (Å²) >= 11 is 1.29. The highest BCUT2D eigenvalue weighted by Crippen LogP contribution is 2.32. The number of nitrogen functional groups attached to an aromatic ring is 1. The van der Waals surface area contributed by atoms with Crippen LogP contribution >= 0.6 is 11.3 Å². The first-order valence-corrected chi connectivity index (χ1v) is 7.90. The summed E-state index contributed by atoms with van der Waals surface area (Å²) in [5.74, 6) is -0.199. The first-order valence-electron chi connectivity index (χ1n) is 7.09. The van der Waals surface area contributed by atoms with Crippen LogP contribution in [0.15, 0.2) is 18.3 Å². The molecule has 0 aromatic carbocycles. The highest BCUT2D eigenvalue weighted by Gasteiger charge is 2.27. The molecule has 0 fully saturated rings. The molecule has 2 rings (SSSR count). The van der Waals surface area contributed by atoms with Crippen molar-refractivity contribution in [3.63, 3.8) is 0 Å². The number of amides is 1. The summed E-state index contributed by atoms with van der Waals surface area (Å²) in [6, 6.07) is 3.67. The molecule has 2 aromatic heterocycles. The lowest BCUT2D eigenvalue weighted by molar-refractivity contribution is 0.0855. The fraction of sp³-hybridized carbons (Fsp3) is 0.467. The zero-order valence-corrected chi connectivity index (χ0v) is 13.2. The summed E-state index contributed by atoms with van der Waals surface area (Å²) in [6.45, 7) is 4.54. The Balaban J connectivity index is 2.17. The monoisotopic (exact) mass is 307 g/mol. The van der Waals surface area contributed by atoms with Gasteiger partial charge in [0.15, 0.2) is 0 Å². The summed E-state index contributed by atoms with van der Waals surface area (Å²) in [7, 11) is 0. The number of hydrogen-bond donors (Lipinski definition) is 3. The van der Waals surface area contributed by atoms with E-state index in [-0.39, 0.29) is 17.9 Å². The van der Waals surface area contributed by atoms with Crippen LogP contribution in [0.4, 0.5) is 5.69 Å². The Morgan fingerprint density at radius 2 is 2.19 bits per heavy atom. The molecule has 0 aliphatic carbocycles. The molecule has 0 spiro atoms. The third kappa shape index (κ3) is 3.01. The van der Waals surface area contributed by atoms with Gasteiger partial charge in [-0.25, -0.2) is 4.98 Å². The van der Waals surface area contributed by atoms with Gasteiger partial charge in [-0.15, -0.1) is 11.3 Å². The number of carbonyl (C=O) groups is 1. The van der Waals surface area contributed by atoms with Crippen molar-refractivity contribution in [2.75, 3.05) is 18.9 Å². The molecule has 0 radical (unpaired) electrons. The van der Waals surface area contributed by atoms with Crippen LogP contribution in [0.3, 0.4) is 0 Å². The van der Waals surface area contributed by atoms with Crippen LogP contribution in [0.1, 0.15) is 36.4 Å². The molecule has 0 bridgehead atoms. The summed E-state index contributed by atoms with van der Waals surface area (Å²) in [5.41, 5.74) is 6.25. The van der Waals surface area contributed by atoms with Crippen LogP contribution in [0.5, 0.6) is 0 Å². The number of nitrogens with two attached hydrogens (primary N) is 1. The van der Waals surface area contributed by atoms with Crippen LogP contribution in [-0.2, 0) is 0 Å². The molecular weight excluding hydrogens is 286 g/mol. The molecule has 2 heterocycles. The minimum atomic E-state index is -0.265. The lowest BCUT2D eigenvalue weighted by Crippen LogP contribution is -2.39. The van der Waals surface area contributed by atoms with Crippen LogP contribution in [-0.4, -0.2) is 29.1 Å². The molecule has 114 valence electrons. The molecule has 4 N–H and O–H groups in total. The predicted octanol–water partition coefficient (Wildman–Crippen LogP) is 2.41. The van der Waals surface area contributed by atoms with E-state index in [0.717, 1.165) is 23.1 Å². The SMILES string of the molecule is CCC(CC)(CO)CNC(=O)c1sc2ncccc2c1N. The first-order chi connectivity index (χ1) is 10.1. The van der Waals surface area contributed by atoms with Gasteiger partial charge in [0.1, 0.15) is 9.71 Å². The molecule has 6 heteroatoms. The van der Waals surface area contributed by atoms with Crippen LogP contribution in [0.25, 0.3) is 10.2 Å². The lowest BCUT2D eigenvalue weighted by atomic mass is 9.83. The molecule has 0 unspecified atom stereocenters. The highest BCUT2D eigenvalue weighted by molar-refractivity contribution is 7.21. The number of thiophene rings is 1. The van der Waals surface area contributed by atoms with Gasteiger partial charge in [-0.1, -0.05) is 13.8 Å². The Bertz CT molecular complexity index is 627. The lowest BCUT2D eigenvalue weighted by Gasteiger charge is -2.29. The van der Waals surface area contributed by atoms with E-state index in [4.69, 9.17) is 5.73 Å². The molecule has 0 aliphatic heterocycles. The van der Waals surface area contributed by atoms with Crippen molar-refractivity contribution >= 4 is 33.1 Å². The number of nitrogens with zero attached hydrogens (tertiary/aromatic N) is 1. The minimum absolute atomic E-state index is 0.0593. The van der Waals surface area contributed by atoms with Crippen molar-refractivity contribution in [1.82, 2.24) is 10.3 Å². The van der Waals surface area contributed by atoms with Gasteiger partial charge in [0, 0.05) is 23.5 Å². The predicted molar refractivity (Wildman–Crippen MR) is 86.5 cm³/mol. The Kier molecular flexibility index (Phi) is 4.80. The Labute approximate surface area is 128 Å². The normalized spacial score (nSPS) is 11.8. The average Bonchev–Trinajstić information content (AvgIpc) is 2.87. The van der Waals surface area contributed by atoms with Gasteiger partial charge >= 0.3 is 0 Å². The molecule has 21 heavy (non-hydrogen) atoms. The van der Waals surface area contributed by atoms with E-state index < -0.39 is 0 Å². The summed E-state index contributed by atoms with van der Waals surface area (Å²) in [5, 5.41) is 13.3. The highest BCUT2D eigenvalue weighted by atomic mass is 32.1. The van der Waals surface area contributed by atoms with Crippen molar-refractivity contribution < 1.29 is 9.90 Å². The summed E-state index contributed by atoms with van der Waals surface area (Å²) in [4.78, 5) is 17.8. The van der Waals surface area contributed by atoms with E-state index in [1.807, 2.05) is 19.9 Å². The number of nitrogens with one attached hydrogen (secondary N) is 1. The zero-order chi connectivity index (χ0) is 15.5. The van der Waals surface area contributed by atoms with Gasteiger partial charge in [0.25, 0.3) is 5.91 Å². The second-order valence-electron chi connectivity index (χ2n) is 5.25. The van der Waals surface area contributed by atoms with Crippen molar-refractivity contribution in [3.05, 3.63) is 23.2 Å². The number of aliphatic hydroxyl groups excluding tert-OH is 1. The largest absolute Gasteiger partial charge is 0.397 e. The van der Waals surface area contributed by atoms with Gasteiger partial charge in [-0.2, -0.15) is 0 Å². The number of fused-ring (bicyclic) bond motifs is 1. The Hall–Kier alpha value is -1.66. The Morgan fingerprint density at radius 1 is 1.48 bits per heavy atom. The van der Waals surface area contributed by atoms with E-state index in [9.17, 15) is 9.90 Å². The maximum atomic E-state index is 12.3. The van der Waals surface area contributed by atoms with Gasteiger partial charge in [0.2, 0.25) is 0 Å². The van der Waals surface area contributed by atoms with Crippen molar-refractivity contribution in [3.8, 4) is 0 Å². The van der Waals surface area contributed by atoms with Gasteiger partial charge in [-0.3, -0.25) is 4.79 Å². The zero-order valence-electron chi connectivity index (χ0n) is 12.3. The number of aliphatic hydroxyl groups is 1. The molecular formula is C15H21N3O2S. The maximum Gasteiger partial charge on any atom is 0.263 e. The van der Waals surface area contributed by atoms with Crippen molar-refractivity contribution in [2.24, 2.45) is 5.41 Å². The number of pyridine rings is 1. The van der Waals surface area contributed by atoms with Gasteiger partial charge in [-0.05, 0) is 25.0 Å². The van der Waals surface area contributed by atoms with E-state index in [0.29, 0.717) is 17.1 Å². The molecule has 0 atom stereocenters. The van der Waals surface area contributed by atoms with Gasteiger partial charge in [0.05, 0.1) is 12.3 Å². The quantitative estimate of drug-likeness (QED) is 0.764. The molecule has 5 nitrogen and oxygen atoms in total. The van der Waals surface area contributed by atoms with Crippen LogP contribution in [0, 0.1) is 5.41 Å². The smallest absolute Gasteiger partial charge is 0.263 e. The van der Waals surface area contributed by atoms with Crippen LogP contribution in [0.2, 0.25) is 0 Å². The number of rotatable bonds is 6. The third-order valence-corrected chi connectivity index (χ3v) is 5.30. The van der Waals surface area contributed by atoms with E-state index >= 15 is 0 Å². The second kappa shape index (κ2) is 6.41. The molecule has 0 aliphatic rings. The molecule has 0 saturated heterocycles. The van der Waals surface area contributed by atoms with E-state index in [1.165, 1.54) is 11.3 Å². The van der Waals surface area contributed by atoms with Gasteiger partial charge < -0.3 is 16.2 Å². The number of hydrogen-bond acceptors (Lipinski definition) is 5. The molecule has 1 amide bonds. The average molecular weight is 307 g/mol. The first kappa shape index (κ1) is 15.7. The number of aromatic nitrogens is 1. The number of anilines is 1. The minimum Gasteiger partial charge on any atom is -0.397 e. The molecule has 2 aromatic rings. The molecule has 0 saturated carbocycles. The maximum absolute atomic E-state index is 12.3. The topological polar surface area (TPSA) is 88.2 Å². The van der Waals surface area contributed by atoms with Crippen molar-refractivity contribution in [2.45, 2.75) is 26.7 Å². The van der Waals surface area contributed by atoms with Crippen molar-refractivity contribution in [1.29, 1.82) is 0 Å². The summed E-state index contributed by atoms with van der Waals surface area (Å²) < 4.78 is 0. The fourth-order valence-electron chi connectivity index (χ4n) is 2.25. The van der Waals surface area contributed by atoms with E-state index in [1.54, 1.807) is 12.3 Å². The fourth-order valence-corrected chi connectivity index (χ4v) is 3.23.